The van der Waals surface area contributed by atoms with Gasteiger partial charge in [0.05, 0.1) is 6.61 Å². The Morgan fingerprint density at radius 3 is 2.88 bits per heavy atom. The Hall–Kier alpha value is -1.71. The summed E-state index contributed by atoms with van der Waals surface area (Å²) in [5, 5.41) is 9.50. The van der Waals surface area contributed by atoms with Crippen molar-refractivity contribution in [2.24, 2.45) is 5.92 Å². The quantitative estimate of drug-likeness (QED) is 0.602. The van der Waals surface area contributed by atoms with Crippen LogP contribution in [0, 0.1) is 5.92 Å². The van der Waals surface area contributed by atoms with E-state index in [1.807, 2.05) is 0 Å². The molecule has 16 heavy (non-hydrogen) atoms. The van der Waals surface area contributed by atoms with Gasteiger partial charge in [-0.1, -0.05) is 12.8 Å². The van der Waals surface area contributed by atoms with Crippen molar-refractivity contribution >= 4 is 11.7 Å². The number of ether oxygens (including phenoxy) is 1. The molecule has 0 spiro atoms. The van der Waals surface area contributed by atoms with Gasteiger partial charge < -0.3 is 15.6 Å². The highest BCUT2D eigenvalue weighted by Crippen LogP contribution is 2.32. The van der Waals surface area contributed by atoms with Crippen molar-refractivity contribution in [3.05, 3.63) is 23.8 Å². The van der Waals surface area contributed by atoms with Crippen LogP contribution in [0.25, 0.3) is 0 Å². The monoisotopic (exact) mass is 221 g/mol. The summed E-state index contributed by atoms with van der Waals surface area (Å²) >= 11 is 0. The van der Waals surface area contributed by atoms with Crippen LogP contribution in [0.2, 0.25) is 0 Å². The highest BCUT2D eigenvalue weighted by atomic mass is 16.5. The maximum Gasteiger partial charge on any atom is 0.341 e. The summed E-state index contributed by atoms with van der Waals surface area (Å²) in [6.07, 6.45) is 3.40. The Morgan fingerprint density at radius 1 is 1.50 bits per heavy atom. The lowest BCUT2D eigenvalue weighted by atomic mass is 10.2. The maximum atomic E-state index is 11.6. The molecule has 1 aromatic carbocycles. The molecule has 3 N–H and O–H groups in total. The first-order valence-corrected chi connectivity index (χ1v) is 5.42. The van der Waals surface area contributed by atoms with Crippen LogP contribution in [0.15, 0.2) is 18.2 Å². The molecule has 4 nitrogen and oxygen atoms in total. The molecule has 0 amide bonds. The summed E-state index contributed by atoms with van der Waals surface area (Å²) in [5.41, 5.74) is 6.06. The van der Waals surface area contributed by atoms with E-state index in [0.29, 0.717) is 12.3 Å². The number of carbonyl (C=O) groups is 1. The van der Waals surface area contributed by atoms with Crippen molar-refractivity contribution in [3.8, 4) is 5.75 Å². The standard InChI is InChI=1S/C12H15NO3/c13-9-3-4-10(11(14)7-9)12(15)16-6-5-8-1-2-8/h3-4,7-8,14H,1-2,5-6,13H2. The van der Waals surface area contributed by atoms with Crippen LogP contribution in [-0.4, -0.2) is 17.7 Å². The molecule has 86 valence electrons. The van der Waals surface area contributed by atoms with Crippen LogP contribution >= 0.6 is 0 Å². The number of benzene rings is 1. The fourth-order valence-corrected chi connectivity index (χ4v) is 1.52. The zero-order valence-corrected chi connectivity index (χ0v) is 8.98. The lowest BCUT2D eigenvalue weighted by molar-refractivity contribution is 0.0491. The number of anilines is 1. The predicted octanol–water partition coefficient (Wildman–Crippen LogP) is 1.93. The number of esters is 1. The number of nitrogen functional groups attached to an aromatic ring is 1. The molecule has 2 rings (SSSR count). The summed E-state index contributed by atoms with van der Waals surface area (Å²) in [6.45, 7) is 0.424. The Balaban J connectivity index is 1.91. The van der Waals surface area contributed by atoms with Crippen molar-refractivity contribution in [1.82, 2.24) is 0 Å². The fourth-order valence-electron chi connectivity index (χ4n) is 1.52. The average molecular weight is 221 g/mol. The van der Waals surface area contributed by atoms with Crippen molar-refractivity contribution < 1.29 is 14.6 Å². The van der Waals surface area contributed by atoms with Gasteiger partial charge in [0.25, 0.3) is 0 Å². The van der Waals surface area contributed by atoms with Gasteiger partial charge >= 0.3 is 5.97 Å². The number of phenols is 1. The van der Waals surface area contributed by atoms with Crippen LogP contribution in [0.4, 0.5) is 5.69 Å². The third-order valence-corrected chi connectivity index (χ3v) is 2.70. The van der Waals surface area contributed by atoms with E-state index in [2.05, 4.69) is 0 Å². The van der Waals surface area contributed by atoms with Crippen molar-refractivity contribution in [2.75, 3.05) is 12.3 Å². The van der Waals surface area contributed by atoms with Crippen molar-refractivity contribution in [2.45, 2.75) is 19.3 Å². The lowest BCUT2D eigenvalue weighted by Crippen LogP contribution is -2.07. The molecule has 0 aromatic heterocycles. The molecule has 0 saturated heterocycles. The first kappa shape index (κ1) is 10.8. The second-order valence-electron chi connectivity index (χ2n) is 4.14. The molecule has 1 aliphatic rings. The SMILES string of the molecule is Nc1ccc(C(=O)OCCC2CC2)c(O)c1. The number of hydrogen-bond donors (Lipinski definition) is 2. The Morgan fingerprint density at radius 2 is 2.25 bits per heavy atom. The Bertz CT molecular complexity index is 399. The number of nitrogens with two attached hydrogens (primary N) is 1. The molecule has 1 aliphatic carbocycles. The Labute approximate surface area is 94.0 Å². The van der Waals surface area contributed by atoms with E-state index in [1.54, 1.807) is 6.07 Å². The van der Waals surface area contributed by atoms with Crippen molar-refractivity contribution in [3.63, 3.8) is 0 Å². The summed E-state index contributed by atoms with van der Waals surface area (Å²) in [5.74, 6) is 0.113. The van der Waals surface area contributed by atoms with Crippen LogP contribution < -0.4 is 5.73 Å². The fraction of sp³-hybridized carbons (Fsp3) is 0.417. The van der Waals surface area contributed by atoms with Gasteiger partial charge in [-0.2, -0.15) is 0 Å². The van der Waals surface area contributed by atoms with E-state index in [9.17, 15) is 9.90 Å². The molecule has 1 fully saturated rings. The van der Waals surface area contributed by atoms with Crippen molar-refractivity contribution in [1.29, 1.82) is 0 Å². The highest BCUT2D eigenvalue weighted by Gasteiger charge is 2.21. The zero-order chi connectivity index (χ0) is 11.5. The van der Waals surface area contributed by atoms with E-state index >= 15 is 0 Å². The van der Waals surface area contributed by atoms with Crippen LogP contribution in [-0.2, 0) is 4.74 Å². The van der Waals surface area contributed by atoms with E-state index in [4.69, 9.17) is 10.5 Å². The molecular formula is C12H15NO3. The summed E-state index contributed by atoms with van der Waals surface area (Å²) < 4.78 is 5.06. The number of hydrogen-bond acceptors (Lipinski definition) is 4. The van der Waals surface area contributed by atoms with Gasteiger partial charge in [0.1, 0.15) is 11.3 Å². The van der Waals surface area contributed by atoms with Gasteiger partial charge in [0.2, 0.25) is 0 Å². The molecule has 0 radical (unpaired) electrons. The summed E-state index contributed by atoms with van der Waals surface area (Å²) in [7, 11) is 0. The van der Waals surface area contributed by atoms with E-state index < -0.39 is 5.97 Å². The zero-order valence-electron chi connectivity index (χ0n) is 8.98. The smallest absolute Gasteiger partial charge is 0.341 e. The number of carbonyl (C=O) groups excluding carboxylic acids is 1. The minimum Gasteiger partial charge on any atom is -0.507 e. The van der Waals surface area contributed by atoms with Gasteiger partial charge in [-0.25, -0.2) is 4.79 Å². The van der Waals surface area contributed by atoms with E-state index in [1.165, 1.54) is 25.0 Å². The molecule has 0 bridgehead atoms. The third-order valence-electron chi connectivity index (χ3n) is 2.70. The van der Waals surface area contributed by atoms with E-state index in [0.717, 1.165) is 12.3 Å². The van der Waals surface area contributed by atoms with Gasteiger partial charge in [-0.05, 0) is 24.5 Å². The third kappa shape index (κ3) is 2.66. The van der Waals surface area contributed by atoms with Gasteiger partial charge in [0.15, 0.2) is 0 Å². The number of rotatable bonds is 4. The van der Waals surface area contributed by atoms with Gasteiger partial charge in [-0.3, -0.25) is 0 Å². The minimum atomic E-state index is -0.488. The minimum absolute atomic E-state index is 0.128. The van der Waals surface area contributed by atoms with Crippen LogP contribution in [0.5, 0.6) is 5.75 Å². The van der Waals surface area contributed by atoms with Gasteiger partial charge in [-0.15, -0.1) is 0 Å². The molecule has 1 aromatic rings. The molecule has 0 atom stereocenters. The predicted molar refractivity (Wildman–Crippen MR) is 60.1 cm³/mol. The maximum absolute atomic E-state index is 11.6. The average Bonchev–Trinajstić information content (AvgIpc) is 3.01. The molecular weight excluding hydrogens is 206 g/mol. The number of phenolic OH excluding ortho intramolecular Hbond substituents is 1. The largest absolute Gasteiger partial charge is 0.507 e. The van der Waals surface area contributed by atoms with E-state index in [-0.39, 0.29) is 11.3 Å². The molecule has 1 saturated carbocycles. The van der Waals surface area contributed by atoms with Crippen LogP contribution in [0.1, 0.15) is 29.6 Å². The van der Waals surface area contributed by atoms with Gasteiger partial charge in [0, 0.05) is 11.8 Å². The Kier molecular flexibility index (Phi) is 2.99. The van der Waals surface area contributed by atoms with Crippen LogP contribution in [0.3, 0.4) is 0 Å². The highest BCUT2D eigenvalue weighted by molar-refractivity contribution is 5.92. The summed E-state index contributed by atoms with van der Waals surface area (Å²) in [6, 6.07) is 4.39. The normalized spacial score (nSPS) is 14.8. The molecule has 0 heterocycles. The lowest BCUT2D eigenvalue weighted by Gasteiger charge is -2.06. The second-order valence-corrected chi connectivity index (χ2v) is 4.14. The molecule has 0 unspecified atom stereocenters. The first-order valence-electron chi connectivity index (χ1n) is 5.42. The number of aromatic hydroxyl groups is 1. The molecule has 0 aliphatic heterocycles. The topological polar surface area (TPSA) is 72.6 Å². The second kappa shape index (κ2) is 4.43. The summed E-state index contributed by atoms with van der Waals surface area (Å²) in [4.78, 5) is 11.6. The molecule has 4 heteroatoms. The first-order chi connectivity index (χ1) is 7.66.